The molecule has 1 unspecified atom stereocenters. The Balaban J connectivity index is 1.70. The van der Waals surface area contributed by atoms with Crippen molar-refractivity contribution in [3.05, 3.63) is 52.7 Å². The van der Waals surface area contributed by atoms with E-state index in [0.29, 0.717) is 24.2 Å². The molecule has 0 saturated carbocycles. The van der Waals surface area contributed by atoms with Gasteiger partial charge in [-0.25, -0.2) is 0 Å². The third-order valence-corrected chi connectivity index (χ3v) is 5.54. The van der Waals surface area contributed by atoms with E-state index in [-0.39, 0.29) is 12.5 Å². The van der Waals surface area contributed by atoms with Crippen LogP contribution in [-0.2, 0) is 11.3 Å². The van der Waals surface area contributed by atoms with E-state index in [0.717, 1.165) is 21.8 Å². The molecule has 1 amide bonds. The van der Waals surface area contributed by atoms with Gasteiger partial charge in [-0.05, 0) is 55.3 Å². The van der Waals surface area contributed by atoms with Gasteiger partial charge in [0.05, 0.1) is 4.88 Å². The Hall–Kier alpha value is -2.67. The van der Waals surface area contributed by atoms with Gasteiger partial charge in [-0.15, -0.1) is 11.3 Å². The summed E-state index contributed by atoms with van der Waals surface area (Å²) in [5.74, 6) is 1.91. The second kappa shape index (κ2) is 9.22. The van der Waals surface area contributed by atoms with Gasteiger partial charge in [0.1, 0.15) is 12.3 Å². The highest BCUT2D eigenvalue weighted by atomic mass is 32.1. The third-order valence-electron chi connectivity index (χ3n) is 4.67. The monoisotopic (exact) mass is 413 g/mol. The molecule has 1 atom stereocenters. The molecule has 0 N–H and O–H groups in total. The molecule has 0 bridgehead atoms. The molecule has 0 saturated heterocycles. The van der Waals surface area contributed by atoms with Crippen molar-refractivity contribution >= 4 is 17.2 Å². The Bertz CT molecular complexity index is 950. The van der Waals surface area contributed by atoms with Gasteiger partial charge in [-0.2, -0.15) is 4.98 Å². The van der Waals surface area contributed by atoms with Crippen LogP contribution in [0.5, 0.6) is 5.75 Å². The fraction of sp³-hybridized carbons (Fsp3) is 0.409. The van der Waals surface area contributed by atoms with E-state index < -0.39 is 6.10 Å². The van der Waals surface area contributed by atoms with Crippen molar-refractivity contribution in [1.82, 2.24) is 15.0 Å². The number of hydrogen-bond acceptors (Lipinski definition) is 6. The first-order valence-corrected chi connectivity index (χ1v) is 10.7. The number of benzene rings is 1. The van der Waals surface area contributed by atoms with Crippen LogP contribution in [0.3, 0.4) is 0 Å². The summed E-state index contributed by atoms with van der Waals surface area (Å²) in [6.07, 6.45) is -0.617. The number of rotatable bonds is 8. The number of aryl methyl sites for hydroxylation is 1. The molecule has 2 heterocycles. The zero-order chi connectivity index (χ0) is 21.0. The van der Waals surface area contributed by atoms with E-state index in [2.05, 4.69) is 36.1 Å². The molecule has 0 fully saturated rings. The lowest BCUT2D eigenvalue weighted by atomic mass is 10.0. The van der Waals surface area contributed by atoms with E-state index in [1.54, 1.807) is 23.2 Å². The highest BCUT2D eigenvalue weighted by Crippen LogP contribution is 2.28. The lowest BCUT2D eigenvalue weighted by Gasteiger charge is -2.25. The second-order valence-electron chi connectivity index (χ2n) is 7.30. The number of aromatic nitrogens is 2. The highest BCUT2D eigenvalue weighted by Gasteiger charge is 2.24. The lowest BCUT2D eigenvalue weighted by Crippen LogP contribution is -2.40. The first-order valence-electron chi connectivity index (χ1n) is 9.81. The normalized spacial score (nSPS) is 12.2. The Labute approximate surface area is 175 Å². The highest BCUT2D eigenvalue weighted by molar-refractivity contribution is 7.13. The van der Waals surface area contributed by atoms with Crippen LogP contribution in [0, 0.1) is 6.92 Å². The molecule has 0 aliphatic heterocycles. The van der Waals surface area contributed by atoms with Crippen molar-refractivity contribution in [1.29, 1.82) is 0 Å². The Morgan fingerprint density at radius 3 is 2.72 bits per heavy atom. The van der Waals surface area contributed by atoms with Crippen LogP contribution in [0.25, 0.3) is 10.7 Å². The summed E-state index contributed by atoms with van der Waals surface area (Å²) in [6, 6.07) is 9.99. The topological polar surface area (TPSA) is 68.5 Å². The standard InChI is InChI=1S/C22H27N3O3S/c1-6-25(13-20-23-21(24-28-20)19-8-7-11-29-19)22(26)16(5)27-18-12-15(4)9-10-17(18)14(2)3/h7-12,14,16H,6,13H2,1-5H3. The molecule has 2 aromatic heterocycles. The third kappa shape index (κ3) is 5.03. The number of amides is 1. The molecule has 3 rings (SSSR count). The Kier molecular flexibility index (Phi) is 6.69. The van der Waals surface area contributed by atoms with Crippen molar-refractivity contribution < 1.29 is 14.1 Å². The van der Waals surface area contributed by atoms with Crippen molar-refractivity contribution in [2.24, 2.45) is 0 Å². The average molecular weight is 414 g/mol. The van der Waals surface area contributed by atoms with Crippen LogP contribution in [0.15, 0.2) is 40.2 Å². The van der Waals surface area contributed by atoms with Gasteiger partial charge in [-0.1, -0.05) is 37.2 Å². The van der Waals surface area contributed by atoms with Crippen molar-refractivity contribution in [2.45, 2.75) is 53.2 Å². The van der Waals surface area contributed by atoms with E-state index >= 15 is 0 Å². The minimum absolute atomic E-state index is 0.111. The lowest BCUT2D eigenvalue weighted by molar-refractivity contribution is -0.138. The van der Waals surface area contributed by atoms with Crippen LogP contribution < -0.4 is 4.74 Å². The Morgan fingerprint density at radius 2 is 2.07 bits per heavy atom. The van der Waals surface area contributed by atoms with Crippen molar-refractivity contribution in [2.75, 3.05) is 6.54 Å². The summed E-state index contributed by atoms with van der Waals surface area (Å²) in [7, 11) is 0. The number of carbonyl (C=O) groups excluding carboxylic acids is 1. The van der Waals surface area contributed by atoms with Crippen molar-refractivity contribution in [3.8, 4) is 16.5 Å². The van der Waals surface area contributed by atoms with Crippen LogP contribution in [-0.4, -0.2) is 33.6 Å². The van der Waals surface area contributed by atoms with Gasteiger partial charge >= 0.3 is 0 Å². The maximum Gasteiger partial charge on any atom is 0.263 e. The molecule has 6 nitrogen and oxygen atoms in total. The van der Waals surface area contributed by atoms with E-state index in [1.807, 2.05) is 37.4 Å². The number of ether oxygens (including phenoxy) is 1. The number of nitrogens with zero attached hydrogens (tertiary/aromatic N) is 3. The number of carbonyl (C=O) groups is 1. The quantitative estimate of drug-likeness (QED) is 0.517. The first kappa shape index (κ1) is 21.0. The second-order valence-corrected chi connectivity index (χ2v) is 8.25. The fourth-order valence-electron chi connectivity index (χ4n) is 3.05. The van der Waals surface area contributed by atoms with Crippen LogP contribution >= 0.6 is 11.3 Å². The molecule has 3 aromatic rings. The maximum absolute atomic E-state index is 13.0. The summed E-state index contributed by atoms with van der Waals surface area (Å²) >= 11 is 1.55. The summed E-state index contributed by atoms with van der Waals surface area (Å²) in [6.45, 7) is 10.7. The fourth-order valence-corrected chi connectivity index (χ4v) is 3.70. The van der Waals surface area contributed by atoms with Gasteiger partial charge in [0.2, 0.25) is 11.7 Å². The van der Waals surface area contributed by atoms with Crippen molar-refractivity contribution in [3.63, 3.8) is 0 Å². The van der Waals surface area contributed by atoms with E-state index in [4.69, 9.17) is 9.26 Å². The molecule has 0 radical (unpaired) electrons. The zero-order valence-electron chi connectivity index (χ0n) is 17.5. The predicted octanol–water partition coefficient (Wildman–Crippen LogP) is 5.05. The molecule has 29 heavy (non-hydrogen) atoms. The predicted molar refractivity (Wildman–Crippen MR) is 114 cm³/mol. The van der Waals surface area contributed by atoms with Gasteiger partial charge in [0.15, 0.2) is 6.10 Å². The maximum atomic E-state index is 13.0. The zero-order valence-corrected chi connectivity index (χ0v) is 18.3. The molecule has 0 aliphatic rings. The SMILES string of the molecule is CCN(Cc1nc(-c2cccs2)no1)C(=O)C(C)Oc1cc(C)ccc1C(C)C. The molecule has 154 valence electrons. The summed E-state index contributed by atoms with van der Waals surface area (Å²) < 4.78 is 11.4. The molecule has 1 aromatic carbocycles. The van der Waals surface area contributed by atoms with Crippen LogP contribution in [0.1, 0.15) is 50.6 Å². The number of likely N-dealkylation sites (N-methyl/N-ethyl adjacent to an activating group) is 1. The molecular formula is C22H27N3O3S. The van der Waals surface area contributed by atoms with Gasteiger partial charge in [0.25, 0.3) is 5.91 Å². The molecule has 7 heteroatoms. The van der Waals surface area contributed by atoms with Crippen LogP contribution in [0.4, 0.5) is 0 Å². The van der Waals surface area contributed by atoms with Gasteiger partial charge in [-0.3, -0.25) is 4.79 Å². The van der Waals surface area contributed by atoms with E-state index in [9.17, 15) is 4.79 Å². The van der Waals surface area contributed by atoms with Gasteiger partial charge in [0, 0.05) is 6.54 Å². The molecular weight excluding hydrogens is 386 g/mol. The summed E-state index contributed by atoms with van der Waals surface area (Å²) in [5, 5.41) is 5.98. The summed E-state index contributed by atoms with van der Waals surface area (Å²) in [5.41, 5.74) is 2.19. The van der Waals surface area contributed by atoms with Crippen LogP contribution in [0.2, 0.25) is 0 Å². The molecule has 0 spiro atoms. The molecule has 0 aliphatic carbocycles. The van der Waals surface area contributed by atoms with E-state index in [1.165, 1.54) is 0 Å². The minimum Gasteiger partial charge on any atom is -0.481 e. The number of hydrogen-bond donors (Lipinski definition) is 0. The Morgan fingerprint density at radius 1 is 1.28 bits per heavy atom. The number of thiophene rings is 1. The average Bonchev–Trinajstić information content (AvgIpc) is 3.37. The smallest absolute Gasteiger partial charge is 0.263 e. The van der Waals surface area contributed by atoms with Gasteiger partial charge < -0.3 is 14.2 Å². The largest absolute Gasteiger partial charge is 0.481 e. The minimum atomic E-state index is -0.617. The summed E-state index contributed by atoms with van der Waals surface area (Å²) in [4.78, 5) is 20.0. The first-order chi connectivity index (χ1) is 13.9.